The SMILES string of the molecule is COc1cccc(CC(=O)N2CCC3(CC2)OCCO3)c1. The van der Waals surface area contributed by atoms with Gasteiger partial charge in [-0.05, 0) is 17.7 Å². The van der Waals surface area contributed by atoms with Crippen LogP contribution in [0.3, 0.4) is 0 Å². The fraction of sp³-hybridized carbons (Fsp3) is 0.562. The molecule has 0 atom stereocenters. The second-order valence-electron chi connectivity index (χ2n) is 5.52. The van der Waals surface area contributed by atoms with E-state index in [4.69, 9.17) is 14.2 Å². The third-order valence-corrected chi connectivity index (χ3v) is 4.18. The number of ether oxygens (including phenoxy) is 3. The van der Waals surface area contributed by atoms with Crippen LogP contribution in [0, 0.1) is 0 Å². The highest BCUT2D eigenvalue weighted by molar-refractivity contribution is 5.79. The van der Waals surface area contributed by atoms with Crippen LogP contribution in [0.15, 0.2) is 24.3 Å². The third-order valence-electron chi connectivity index (χ3n) is 4.18. The Morgan fingerprint density at radius 3 is 2.67 bits per heavy atom. The monoisotopic (exact) mass is 291 g/mol. The molecule has 1 amide bonds. The number of hydrogen-bond donors (Lipinski definition) is 0. The number of likely N-dealkylation sites (tertiary alicyclic amines) is 1. The molecular weight excluding hydrogens is 270 g/mol. The molecule has 5 nitrogen and oxygen atoms in total. The Balaban J connectivity index is 1.56. The van der Waals surface area contributed by atoms with E-state index in [-0.39, 0.29) is 5.91 Å². The van der Waals surface area contributed by atoms with Gasteiger partial charge in [-0.15, -0.1) is 0 Å². The van der Waals surface area contributed by atoms with Crippen molar-refractivity contribution in [2.75, 3.05) is 33.4 Å². The highest BCUT2D eigenvalue weighted by Gasteiger charge is 2.40. The number of benzene rings is 1. The standard InChI is InChI=1S/C16H21NO4/c1-19-14-4-2-3-13(11-14)12-15(18)17-7-5-16(6-8-17)20-9-10-21-16/h2-4,11H,5-10,12H2,1H3. The van der Waals surface area contributed by atoms with Crippen LogP contribution in [0.4, 0.5) is 0 Å². The van der Waals surface area contributed by atoms with E-state index in [0.717, 1.165) is 24.2 Å². The van der Waals surface area contributed by atoms with Crippen molar-refractivity contribution in [3.63, 3.8) is 0 Å². The summed E-state index contributed by atoms with van der Waals surface area (Å²) in [4.78, 5) is 14.3. The lowest BCUT2D eigenvalue weighted by molar-refractivity contribution is -0.187. The number of amides is 1. The second kappa shape index (κ2) is 6.03. The van der Waals surface area contributed by atoms with E-state index in [2.05, 4.69) is 0 Å². The molecule has 2 heterocycles. The normalized spacial score (nSPS) is 20.7. The van der Waals surface area contributed by atoms with Gasteiger partial charge in [-0.3, -0.25) is 4.79 Å². The van der Waals surface area contributed by atoms with Gasteiger partial charge in [-0.1, -0.05) is 12.1 Å². The van der Waals surface area contributed by atoms with E-state index in [9.17, 15) is 4.79 Å². The summed E-state index contributed by atoms with van der Waals surface area (Å²) in [5.74, 6) is 0.508. The van der Waals surface area contributed by atoms with E-state index < -0.39 is 5.79 Å². The fourth-order valence-electron chi connectivity index (χ4n) is 2.95. The van der Waals surface area contributed by atoms with E-state index in [0.29, 0.717) is 32.7 Å². The van der Waals surface area contributed by atoms with E-state index in [1.165, 1.54) is 0 Å². The molecule has 2 saturated heterocycles. The highest BCUT2D eigenvalue weighted by atomic mass is 16.7. The lowest BCUT2D eigenvalue weighted by Crippen LogP contribution is -2.47. The van der Waals surface area contributed by atoms with Crippen molar-refractivity contribution in [2.24, 2.45) is 0 Å². The zero-order valence-electron chi connectivity index (χ0n) is 12.3. The molecule has 0 aromatic heterocycles. The molecule has 5 heteroatoms. The molecular formula is C16H21NO4. The summed E-state index contributed by atoms with van der Waals surface area (Å²) in [7, 11) is 1.63. The molecule has 2 aliphatic rings. The number of rotatable bonds is 3. The van der Waals surface area contributed by atoms with Gasteiger partial charge in [-0.2, -0.15) is 0 Å². The van der Waals surface area contributed by atoms with Gasteiger partial charge in [0.05, 0.1) is 26.7 Å². The van der Waals surface area contributed by atoms with Crippen molar-refractivity contribution < 1.29 is 19.0 Å². The molecule has 0 unspecified atom stereocenters. The predicted molar refractivity (Wildman–Crippen MR) is 77.1 cm³/mol. The Labute approximate surface area is 124 Å². The van der Waals surface area contributed by atoms with E-state index >= 15 is 0 Å². The molecule has 0 aliphatic carbocycles. The minimum absolute atomic E-state index is 0.149. The van der Waals surface area contributed by atoms with Crippen molar-refractivity contribution in [2.45, 2.75) is 25.0 Å². The number of hydrogen-bond acceptors (Lipinski definition) is 4. The first kappa shape index (κ1) is 14.4. The average molecular weight is 291 g/mol. The van der Waals surface area contributed by atoms with Gasteiger partial charge in [0.1, 0.15) is 5.75 Å². The Morgan fingerprint density at radius 1 is 1.29 bits per heavy atom. The van der Waals surface area contributed by atoms with Crippen molar-refractivity contribution in [3.05, 3.63) is 29.8 Å². The first-order valence-electron chi connectivity index (χ1n) is 7.39. The van der Waals surface area contributed by atoms with Crippen LogP contribution in [0.25, 0.3) is 0 Å². The zero-order chi connectivity index (χ0) is 14.7. The van der Waals surface area contributed by atoms with E-state index in [1.807, 2.05) is 29.2 Å². The largest absolute Gasteiger partial charge is 0.497 e. The lowest BCUT2D eigenvalue weighted by Gasteiger charge is -2.37. The molecule has 3 rings (SSSR count). The molecule has 114 valence electrons. The van der Waals surface area contributed by atoms with Crippen LogP contribution in [0.5, 0.6) is 5.75 Å². The smallest absolute Gasteiger partial charge is 0.226 e. The van der Waals surface area contributed by atoms with Crippen LogP contribution in [0.1, 0.15) is 18.4 Å². The number of methoxy groups -OCH3 is 1. The summed E-state index contributed by atoms with van der Waals surface area (Å²) in [5, 5.41) is 0. The van der Waals surface area contributed by atoms with Gasteiger partial charge < -0.3 is 19.1 Å². The zero-order valence-corrected chi connectivity index (χ0v) is 12.3. The molecule has 1 spiro atoms. The Hall–Kier alpha value is -1.59. The first-order chi connectivity index (χ1) is 10.2. The average Bonchev–Trinajstić information content (AvgIpc) is 2.96. The summed E-state index contributed by atoms with van der Waals surface area (Å²) in [6.45, 7) is 2.72. The summed E-state index contributed by atoms with van der Waals surface area (Å²) in [5.41, 5.74) is 0.980. The molecule has 0 bridgehead atoms. The second-order valence-corrected chi connectivity index (χ2v) is 5.52. The van der Waals surface area contributed by atoms with Crippen LogP contribution in [0.2, 0.25) is 0 Å². The molecule has 2 aliphatic heterocycles. The van der Waals surface area contributed by atoms with Gasteiger partial charge in [0.15, 0.2) is 5.79 Å². The maximum atomic E-state index is 12.4. The van der Waals surface area contributed by atoms with Crippen molar-refractivity contribution in [1.82, 2.24) is 4.90 Å². The Bertz CT molecular complexity index is 501. The predicted octanol–water partition coefficient (Wildman–Crippen LogP) is 1.60. The maximum Gasteiger partial charge on any atom is 0.226 e. The third kappa shape index (κ3) is 3.19. The molecule has 0 radical (unpaired) electrons. The maximum absolute atomic E-state index is 12.4. The van der Waals surface area contributed by atoms with Crippen molar-refractivity contribution in [3.8, 4) is 5.75 Å². The topological polar surface area (TPSA) is 48.0 Å². The van der Waals surface area contributed by atoms with Crippen molar-refractivity contribution in [1.29, 1.82) is 0 Å². The molecule has 1 aromatic rings. The van der Waals surface area contributed by atoms with Gasteiger partial charge in [0.25, 0.3) is 0 Å². The van der Waals surface area contributed by atoms with Crippen molar-refractivity contribution >= 4 is 5.91 Å². The van der Waals surface area contributed by atoms with Crippen LogP contribution < -0.4 is 4.74 Å². The minimum atomic E-state index is -0.424. The van der Waals surface area contributed by atoms with Gasteiger partial charge in [0, 0.05) is 25.9 Å². The molecule has 1 aromatic carbocycles. The molecule has 0 N–H and O–H groups in total. The summed E-state index contributed by atoms with van der Waals surface area (Å²) < 4.78 is 16.5. The highest BCUT2D eigenvalue weighted by Crippen LogP contribution is 2.31. The molecule has 0 saturated carbocycles. The van der Waals surface area contributed by atoms with Gasteiger partial charge in [-0.25, -0.2) is 0 Å². The minimum Gasteiger partial charge on any atom is -0.497 e. The number of carbonyl (C=O) groups is 1. The quantitative estimate of drug-likeness (QED) is 0.849. The van der Waals surface area contributed by atoms with Gasteiger partial charge >= 0.3 is 0 Å². The molecule has 21 heavy (non-hydrogen) atoms. The number of piperidine rings is 1. The Morgan fingerprint density at radius 2 is 2.00 bits per heavy atom. The molecule has 2 fully saturated rings. The van der Waals surface area contributed by atoms with Crippen LogP contribution in [-0.4, -0.2) is 50.0 Å². The van der Waals surface area contributed by atoms with Crippen LogP contribution >= 0.6 is 0 Å². The lowest BCUT2D eigenvalue weighted by atomic mass is 10.0. The fourth-order valence-corrected chi connectivity index (χ4v) is 2.95. The first-order valence-corrected chi connectivity index (χ1v) is 7.39. The number of carbonyl (C=O) groups excluding carboxylic acids is 1. The summed E-state index contributed by atoms with van der Waals surface area (Å²) in [6, 6.07) is 7.65. The van der Waals surface area contributed by atoms with Gasteiger partial charge in [0.2, 0.25) is 5.91 Å². The number of nitrogens with zero attached hydrogens (tertiary/aromatic N) is 1. The van der Waals surface area contributed by atoms with E-state index in [1.54, 1.807) is 7.11 Å². The summed E-state index contributed by atoms with van der Waals surface area (Å²) >= 11 is 0. The van der Waals surface area contributed by atoms with Crippen LogP contribution in [-0.2, 0) is 20.7 Å². The Kier molecular flexibility index (Phi) is 4.12. The summed E-state index contributed by atoms with van der Waals surface area (Å²) in [6.07, 6.45) is 1.93.